The highest BCUT2D eigenvalue weighted by Gasteiger charge is 2.02. The fraction of sp³-hybridized carbons (Fsp3) is 0.143. The fourth-order valence-electron chi connectivity index (χ4n) is 1.75. The fourth-order valence-corrected chi connectivity index (χ4v) is 1.75. The first kappa shape index (κ1) is 14.4. The molecule has 0 heterocycles. The van der Waals surface area contributed by atoms with E-state index in [1.165, 1.54) is 22.3 Å². The lowest BCUT2D eigenvalue weighted by Gasteiger charge is -2.08. The van der Waals surface area contributed by atoms with Gasteiger partial charge in [-0.3, -0.25) is 0 Å². The summed E-state index contributed by atoms with van der Waals surface area (Å²) in [5.41, 5.74) is 5.35. The largest absolute Gasteiger partial charge is 0.344 e. The number of aryl methyl sites for hydroxylation is 2. The third-order valence-corrected chi connectivity index (χ3v) is 2.58. The molecule has 2 aromatic rings. The van der Waals surface area contributed by atoms with Crippen molar-refractivity contribution in [2.24, 2.45) is 0 Å². The molecule has 0 saturated heterocycles. The lowest BCUT2D eigenvalue weighted by Crippen LogP contribution is -1.85. The van der Waals surface area contributed by atoms with Gasteiger partial charge in [-0.1, -0.05) is 48.5 Å². The summed E-state index contributed by atoms with van der Waals surface area (Å²) in [5.74, 6) is 0. The number of hydrogen-bond donors (Lipinski definition) is 2. The molecule has 86 valence electrons. The van der Waals surface area contributed by atoms with Crippen molar-refractivity contribution in [2.75, 3.05) is 0 Å². The molecule has 6 N–H and O–H groups in total. The van der Waals surface area contributed by atoms with Crippen LogP contribution in [-0.2, 0) is 0 Å². The van der Waals surface area contributed by atoms with Gasteiger partial charge in [-0.25, -0.2) is 0 Å². The van der Waals surface area contributed by atoms with Crippen LogP contribution in [0.25, 0.3) is 11.1 Å². The summed E-state index contributed by atoms with van der Waals surface area (Å²) in [4.78, 5) is 0. The lowest BCUT2D eigenvalue weighted by atomic mass is 9.97. The smallest absolute Gasteiger partial charge is 0.0152 e. The predicted molar refractivity (Wildman–Crippen MR) is 71.4 cm³/mol. The van der Waals surface area contributed by atoms with Gasteiger partial charge in [0.15, 0.2) is 0 Å². The summed E-state index contributed by atoms with van der Waals surface area (Å²) in [6.45, 7) is 4.31. The van der Waals surface area contributed by atoms with Gasteiger partial charge in [-0.2, -0.15) is 0 Å². The molecule has 2 aromatic carbocycles. The Morgan fingerprint density at radius 3 is 1.19 bits per heavy atom. The molecule has 0 unspecified atom stereocenters. The molecule has 0 bridgehead atoms. The van der Waals surface area contributed by atoms with Gasteiger partial charge >= 0.3 is 0 Å². The lowest BCUT2D eigenvalue weighted by molar-refractivity contribution is 1.41. The van der Waals surface area contributed by atoms with E-state index in [1.54, 1.807) is 0 Å². The average molecular weight is 216 g/mol. The van der Waals surface area contributed by atoms with Crippen LogP contribution < -0.4 is 12.3 Å². The SMILES string of the molecule is Cc1ccccc1-c1ccccc1C.N.N. The number of rotatable bonds is 1. The molecule has 0 amide bonds. The zero-order valence-corrected chi connectivity index (χ0v) is 10.0. The maximum atomic E-state index is 2.18. The van der Waals surface area contributed by atoms with E-state index in [9.17, 15) is 0 Å². The first-order valence-corrected chi connectivity index (χ1v) is 4.90. The third-order valence-electron chi connectivity index (χ3n) is 2.58. The van der Waals surface area contributed by atoms with Crippen molar-refractivity contribution in [3.63, 3.8) is 0 Å². The maximum Gasteiger partial charge on any atom is -0.0152 e. The van der Waals surface area contributed by atoms with Gasteiger partial charge in [0.05, 0.1) is 0 Å². The minimum atomic E-state index is 0. The molecule has 2 rings (SSSR count). The Hall–Kier alpha value is -1.64. The summed E-state index contributed by atoms with van der Waals surface area (Å²) in [5, 5.41) is 0. The summed E-state index contributed by atoms with van der Waals surface area (Å²) < 4.78 is 0. The Morgan fingerprint density at radius 1 is 0.562 bits per heavy atom. The molecule has 0 fully saturated rings. The van der Waals surface area contributed by atoms with Gasteiger partial charge in [0.1, 0.15) is 0 Å². The minimum absolute atomic E-state index is 0. The first-order valence-electron chi connectivity index (χ1n) is 4.90. The summed E-state index contributed by atoms with van der Waals surface area (Å²) in [6, 6.07) is 17.0. The maximum absolute atomic E-state index is 2.18. The Labute approximate surface area is 97.5 Å². The molecule has 0 radical (unpaired) electrons. The van der Waals surface area contributed by atoms with Crippen molar-refractivity contribution in [2.45, 2.75) is 13.8 Å². The molecule has 16 heavy (non-hydrogen) atoms. The zero-order valence-electron chi connectivity index (χ0n) is 10.0. The molecule has 0 spiro atoms. The van der Waals surface area contributed by atoms with Crippen molar-refractivity contribution in [3.05, 3.63) is 59.7 Å². The average Bonchev–Trinajstić information content (AvgIpc) is 2.20. The summed E-state index contributed by atoms with van der Waals surface area (Å²) in [7, 11) is 0. The molecule has 2 heteroatoms. The second-order valence-corrected chi connectivity index (χ2v) is 3.63. The van der Waals surface area contributed by atoms with E-state index in [2.05, 4.69) is 62.4 Å². The van der Waals surface area contributed by atoms with Crippen LogP contribution in [0.5, 0.6) is 0 Å². The molecule has 0 aliphatic carbocycles. The van der Waals surface area contributed by atoms with Crippen LogP contribution in [0.3, 0.4) is 0 Å². The molecular formula is C14H20N2. The van der Waals surface area contributed by atoms with Crippen LogP contribution >= 0.6 is 0 Å². The van der Waals surface area contributed by atoms with Crippen LogP contribution in [0.4, 0.5) is 0 Å². The van der Waals surface area contributed by atoms with Crippen molar-refractivity contribution >= 4 is 0 Å². The van der Waals surface area contributed by atoms with E-state index in [0.717, 1.165) is 0 Å². The highest BCUT2D eigenvalue weighted by Crippen LogP contribution is 2.25. The van der Waals surface area contributed by atoms with Crippen LogP contribution in [-0.4, -0.2) is 0 Å². The molecule has 0 aliphatic heterocycles. The highest BCUT2D eigenvalue weighted by atomic mass is 14.1. The van der Waals surface area contributed by atoms with Gasteiger partial charge in [0, 0.05) is 0 Å². The highest BCUT2D eigenvalue weighted by molar-refractivity contribution is 5.70. The van der Waals surface area contributed by atoms with E-state index < -0.39 is 0 Å². The van der Waals surface area contributed by atoms with Gasteiger partial charge in [-0.15, -0.1) is 0 Å². The van der Waals surface area contributed by atoms with Gasteiger partial charge in [0.25, 0.3) is 0 Å². The van der Waals surface area contributed by atoms with E-state index in [1.807, 2.05) is 0 Å². The second kappa shape index (κ2) is 6.05. The van der Waals surface area contributed by atoms with Crippen molar-refractivity contribution in [1.29, 1.82) is 0 Å². The molecule has 0 atom stereocenters. The van der Waals surface area contributed by atoms with E-state index >= 15 is 0 Å². The Bertz CT molecular complexity index is 406. The van der Waals surface area contributed by atoms with Crippen molar-refractivity contribution in [1.82, 2.24) is 12.3 Å². The molecule has 0 saturated carbocycles. The third kappa shape index (κ3) is 2.69. The van der Waals surface area contributed by atoms with Crippen LogP contribution in [0.2, 0.25) is 0 Å². The van der Waals surface area contributed by atoms with Gasteiger partial charge < -0.3 is 12.3 Å². The minimum Gasteiger partial charge on any atom is -0.344 e. The zero-order chi connectivity index (χ0) is 9.97. The summed E-state index contributed by atoms with van der Waals surface area (Å²) in [6.07, 6.45) is 0. The van der Waals surface area contributed by atoms with E-state index in [-0.39, 0.29) is 12.3 Å². The molecular weight excluding hydrogens is 196 g/mol. The number of hydrogen-bond acceptors (Lipinski definition) is 2. The monoisotopic (exact) mass is 216 g/mol. The normalized spacial score (nSPS) is 8.88. The Balaban J connectivity index is 0.00000112. The molecule has 0 aliphatic rings. The van der Waals surface area contributed by atoms with Gasteiger partial charge in [0.2, 0.25) is 0 Å². The quantitative estimate of drug-likeness (QED) is 0.746. The van der Waals surface area contributed by atoms with Crippen LogP contribution in [0.15, 0.2) is 48.5 Å². The number of benzene rings is 2. The van der Waals surface area contributed by atoms with Gasteiger partial charge in [-0.05, 0) is 36.1 Å². The second-order valence-electron chi connectivity index (χ2n) is 3.63. The first-order chi connectivity index (χ1) is 6.79. The van der Waals surface area contributed by atoms with Crippen molar-refractivity contribution in [3.8, 4) is 11.1 Å². The van der Waals surface area contributed by atoms with Crippen LogP contribution in [0, 0.1) is 13.8 Å². The topological polar surface area (TPSA) is 70.0 Å². The summed E-state index contributed by atoms with van der Waals surface area (Å²) >= 11 is 0. The molecule has 2 nitrogen and oxygen atoms in total. The Kier molecular flexibility index (Phi) is 5.43. The Morgan fingerprint density at radius 2 is 0.875 bits per heavy atom. The molecule has 0 aromatic heterocycles. The van der Waals surface area contributed by atoms with Crippen molar-refractivity contribution < 1.29 is 0 Å². The van der Waals surface area contributed by atoms with E-state index in [4.69, 9.17) is 0 Å². The predicted octanol–water partition coefficient (Wildman–Crippen LogP) is 4.29. The van der Waals surface area contributed by atoms with E-state index in [0.29, 0.717) is 0 Å². The van der Waals surface area contributed by atoms with Crippen LogP contribution in [0.1, 0.15) is 11.1 Å². The standard InChI is InChI=1S/C14H14.2H3N/c1-11-7-3-5-9-13(11)14-10-6-4-8-12(14)2;;/h3-10H,1-2H3;2*1H3.